The molecule has 29 heavy (non-hydrogen) atoms. The lowest BCUT2D eigenvalue weighted by Crippen LogP contribution is -2.37. The maximum atomic E-state index is 12.7. The van der Waals surface area contributed by atoms with E-state index >= 15 is 0 Å². The van der Waals surface area contributed by atoms with Crippen molar-refractivity contribution in [1.82, 2.24) is 5.43 Å². The number of hydrazone groups is 1. The first-order valence-corrected chi connectivity index (χ1v) is 8.93. The summed E-state index contributed by atoms with van der Waals surface area (Å²) in [6.45, 7) is -0.138. The van der Waals surface area contributed by atoms with Crippen LogP contribution in [0.5, 0.6) is 5.75 Å². The first-order chi connectivity index (χ1) is 14.2. The first-order valence-electron chi connectivity index (χ1n) is 8.93. The Bertz CT molecular complexity index is 1160. The molecule has 0 saturated carbocycles. The molecule has 0 unspecified atom stereocenters. The third-order valence-electron chi connectivity index (χ3n) is 4.54. The van der Waals surface area contributed by atoms with Gasteiger partial charge in [-0.3, -0.25) is 14.5 Å². The summed E-state index contributed by atoms with van der Waals surface area (Å²) in [5.41, 5.74) is 4.54. The van der Waals surface area contributed by atoms with E-state index < -0.39 is 5.91 Å². The molecule has 4 rings (SSSR count). The fourth-order valence-electron chi connectivity index (χ4n) is 3.26. The van der Waals surface area contributed by atoms with Crippen LogP contribution in [0.4, 0.5) is 5.69 Å². The molecule has 7 nitrogen and oxygen atoms in total. The molecule has 1 aliphatic rings. The molecule has 7 heteroatoms. The van der Waals surface area contributed by atoms with E-state index in [9.17, 15) is 9.59 Å². The van der Waals surface area contributed by atoms with Crippen molar-refractivity contribution < 1.29 is 14.3 Å². The number of amides is 2. The second-order valence-corrected chi connectivity index (χ2v) is 6.38. The standard InChI is InChI=1S/C22H16N4O3/c23-11-12-29-17-9-7-15(8-10-17)13-24-25-20(27)14-26-19-6-2-4-16-3-1-5-18(21(16)19)22(26)28/h1-10,13H,12,14H2,(H,25,27)/b24-13+. The van der Waals surface area contributed by atoms with Gasteiger partial charge in [-0.25, -0.2) is 5.43 Å². The summed E-state index contributed by atoms with van der Waals surface area (Å²) in [6, 6.07) is 20.0. The highest BCUT2D eigenvalue weighted by atomic mass is 16.5. The van der Waals surface area contributed by atoms with Crippen LogP contribution in [0.15, 0.2) is 65.8 Å². The molecule has 0 spiro atoms. The van der Waals surface area contributed by atoms with Crippen molar-refractivity contribution in [2.45, 2.75) is 0 Å². The minimum Gasteiger partial charge on any atom is -0.479 e. The van der Waals surface area contributed by atoms with Gasteiger partial charge in [0.05, 0.1) is 11.9 Å². The Hall–Kier alpha value is -4.18. The summed E-state index contributed by atoms with van der Waals surface area (Å²) in [5.74, 6) is -0.00806. The molecule has 1 aliphatic heterocycles. The summed E-state index contributed by atoms with van der Waals surface area (Å²) in [4.78, 5) is 26.5. The zero-order valence-corrected chi connectivity index (χ0v) is 15.3. The molecule has 0 bridgehead atoms. The second-order valence-electron chi connectivity index (χ2n) is 6.38. The molecule has 0 aromatic heterocycles. The van der Waals surface area contributed by atoms with Gasteiger partial charge in [0.25, 0.3) is 11.8 Å². The largest absolute Gasteiger partial charge is 0.479 e. The Morgan fingerprint density at radius 1 is 1.14 bits per heavy atom. The lowest BCUT2D eigenvalue weighted by atomic mass is 10.1. The molecule has 0 atom stereocenters. The topological polar surface area (TPSA) is 94.8 Å². The van der Waals surface area contributed by atoms with Crippen molar-refractivity contribution in [3.8, 4) is 11.8 Å². The van der Waals surface area contributed by atoms with Crippen molar-refractivity contribution in [3.63, 3.8) is 0 Å². The predicted octanol–water partition coefficient (Wildman–Crippen LogP) is 2.85. The van der Waals surface area contributed by atoms with Gasteiger partial charge in [-0.1, -0.05) is 24.3 Å². The predicted molar refractivity (Wildman–Crippen MR) is 109 cm³/mol. The number of nitrogens with one attached hydrogen (secondary N) is 1. The van der Waals surface area contributed by atoms with E-state index in [0.717, 1.165) is 22.0 Å². The lowest BCUT2D eigenvalue weighted by Gasteiger charge is -2.16. The van der Waals surface area contributed by atoms with E-state index in [4.69, 9.17) is 10.00 Å². The molecule has 0 saturated heterocycles. The number of nitrogens with zero attached hydrogens (tertiary/aromatic N) is 3. The summed E-state index contributed by atoms with van der Waals surface area (Å²) in [7, 11) is 0. The highest BCUT2D eigenvalue weighted by molar-refractivity contribution is 6.26. The van der Waals surface area contributed by atoms with E-state index in [1.807, 2.05) is 36.4 Å². The number of benzene rings is 3. The van der Waals surface area contributed by atoms with Crippen LogP contribution in [0.25, 0.3) is 10.8 Å². The number of carbonyl (C=O) groups excluding carboxylic acids is 2. The van der Waals surface area contributed by atoms with Crippen LogP contribution in [0, 0.1) is 11.3 Å². The zero-order chi connectivity index (χ0) is 20.2. The minimum absolute atomic E-state index is 0.0176. The number of hydrogen-bond donors (Lipinski definition) is 1. The lowest BCUT2D eigenvalue weighted by molar-refractivity contribution is -0.119. The van der Waals surface area contributed by atoms with Crippen LogP contribution in [0.2, 0.25) is 0 Å². The smallest absolute Gasteiger partial charge is 0.260 e. The summed E-state index contributed by atoms with van der Waals surface area (Å²) in [5, 5.41) is 14.3. The molecular weight excluding hydrogens is 368 g/mol. The number of nitriles is 1. The van der Waals surface area contributed by atoms with Crippen molar-refractivity contribution in [2.24, 2.45) is 5.10 Å². The fraction of sp³-hybridized carbons (Fsp3) is 0.0909. The molecule has 3 aromatic carbocycles. The highest BCUT2D eigenvalue weighted by Gasteiger charge is 2.30. The van der Waals surface area contributed by atoms with Gasteiger partial charge >= 0.3 is 0 Å². The van der Waals surface area contributed by atoms with Crippen molar-refractivity contribution in [2.75, 3.05) is 18.1 Å². The van der Waals surface area contributed by atoms with E-state index in [-0.39, 0.29) is 19.1 Å². The van der Waals surface area contributed by atoms with Gasteiger partial charge in [0.15, 0.2) is 6.61 Å². The molecule has 0 fully saturated rings. The second kappa shape index (κ2) is 7.82. The Morgan fingerprint density at radius 2 is 1.90 bits per heavy atom. The minimum atomic E-state index is -0.395. The van der Waals surface area contributed by atoms with Gasteiger partial charge in [0.2, 0.25) is 0 Å². The molecule has 3 aromatic rings. The van der Waals surface area contributed by atoms with Gasteiger partial charge in [0, 0.05) is 10.9 Å². The van der Waals surface area contributed by atoms with Crippen LogP contribution in [0.1, 0.15) is 15.9 Å². The van der Waals surface area contributed by atoms with E-state index in [2.05, 4.69) is 10.5 Å². The van der Waals surface area contributed by atoms with Crippen molar-refractivity contribution >= 4 is 34.5 Å². The molecule has 142 valence electrons. The Labute approximate surface area is 166 Å². The molecule has 1 heterocycles. The third kappa shape index (κ3) is 3.64. The van der Waals surface area contributed by atoms with E-state index in [1.165, 1.54) is 11.1 Å². The average Bonchev–Trinajstić information content (AvgIpc) is 3.01. The number of hydrogen-bond acceptors (Lipinski definition) is 5. The SMILES string of the molecule is N#CCOc1ccc(/C=N/NC(=O)CN2C(=O)c3cccc4cccc2c34)cc1. The number of rotatable bonds is 6. The van der Waals surface area contributed by atoms with Gasteiger partial charge < -0.3 is 4.74 Å². The van der Waals surface area contributed by atoms with Crippen molar-refractivity contribution in [3.05, 3.63) is 71.8 Å². The number of carbonyl (C=O) groups is 2. The normalized spacial score (nSPS) is 12.4. The monoisotopic (exact) mass is 384 g/mol. The summed E-state index contributed by atoms with van der Waals surface area (Å²) in [6.07, 6.45) is 1.49. The third-order valence-corrected chi connectivity index (χ3v) is 4.54. The van der Waals surface area contributed by atoms with Crippen LogP contribution < -0.4 is 15.1 Å². The molecule has 1 N–H and O–H groups in total. The van der Waals surface area contributed by atoms with Crippen LogP contribution in [-0.2, 0) is 4.79 Å². The van der Waals surface area contributed by atoms with Gasteiger partial charge in [-0.15, -0.1) is 0 Å². The van der Waals surface area contributed by atoms with Gasteiger partial charge in [-0.05, 0) is 47.3 Å². The first kappa shape index (κ1) is 18.2. The van der Waals surface area contributed by atoms with Gasteiger partial charge in [-0.2, -0.15) is 10.4 Å². The Morgan fingerprint density at radius 3 is 2.66 bits per heavy atom. The highest BCUT2D eigenvalue weighted by Crippen LogP contribution is 2.36. The Kier molecular flexibility index (Phi) is 4.91. The summed E-state index contributed by atoms with van der Waals surface area (Å²) >= 11 is 0. The molecule has 2 amide bonds. The maximum Gasteiger partial charge on any atom is 0.260 e. The molecular formula is C22H16N4O3. The Balaban J connectivity index is 1.40. The molecule has 0 radical (unpaired) electrons. The zero-order valence-electron chi connectivity index (χ0n) is 15.3. The average molecular weight is 384 g/mol. The maximum absolute atomic E-state index is 12.7. The van der Waals surface area contributed by atoms with Crippen LogP contribution in [0.3, 0.4) is 0 Å². The summed E-state index contributed by atoms with van der Waals surface area (Å²) < 4.78 is 5.17. The van der Waals surface area contributed by atoms with Crippen LogP contribution >= 0.6 is 0 Å². The van der Waals surface area contributed by atoms with E-state index in [0.29, 0.717) is 11.3 Å². The quantitative estimate of drug-likeness (QED) is 0.522. The number of anilines is 1. The fourth-order valence-corrected chi connectivity index (χ4v) is 3.26. The van der Waals surface area contributed by atoms with Crippen LogP contribution in [-0.4, -0.2) is 31.2 Å². The van der Waals surface area contributed by atoms with Crippen molar-refractivity contribution in [1.29, 1.82) is 5.26 Å². The number of ether oxygens (including phenoxy) is 1. The molecule has 0 aliphatic carbocycles. The van der Waals surface area contributed by atoms with Gasteiger partial charge in [0.1, 0.15) is 18.4 Å². The van der Waals surface area contributed by atoms with E-state index in [1.54, 1.807) is 30.3 Å².